The number of hydrogen-bond donors (Lipinski definition) is 1. The summed E-state index contributed by atoms with van der Waals surface area (Å²) in [5.41, 5.74) is 1.39. The van der Waals surface area contributed by atoms with Gasteiger partial charge in [0.1, 0.15) is 0 Å². The van der Waals surface area contributed by atoms with Gasteiger partial charge in [-0.2, -0.15) is 0 Å². The summed E-state index contributed by atoms with van der Waals surface area (Å²) in [6.07, 6.45) is 1.20. The van der Waals surface area contributed by atoms with Crippen LogP contribution < -0.4 is 0 Å². The third kappa shape index (κ3) is 5.75. The van der Waals surface area contributed by atoms with E-state index < -0.39 is 0 Å². The second-order valence-electron chi connectivity index (χ2n) is 5.77. The summed E-state index contributed by atoms with van der Waals surface area (Å²) in [5, 5.41) is 8.71. The van der Waals surface area contributed by atoms with E-state index in [1.165, 1.54) is 12.0 Å². The molecule has 1 aromatic rings. The molecule has 2 rings (SSSR count). The lowest BCUT2D eigenvalue weighted by atomic mass is 10.1. The largest absolute Gasteiger partial charge is 0.394 e. The third-order valence-electron chi connectivity index (χ3n) is 4.21. The fourth-order valence-corrected chi connectivity index (χ4v) is 2.79. The van der Waals surface area contributed by atoms with Crippen LogP contribution in [-0.2, 0) is 11.3 Å². The summed E-state index contributed by atoms with van der Waals surface area (Å²) < 4.78 is 5.37. The molecule has 1 heterocycles. The summed E-state index contributed by atoms with van der Waals surface area (Å²) in [6, 6.07) is 11.3. The predicted molar refractivity (Wildman–Crippen MR) is 85.3 cm³/mol. The highest BCUT2D eigenvalue weighted by molar-refractivity contribution is 5.14. The highest BCUT2D eigenvalue weighted by Gasteiger charge is 2.20. The maximum atomic E-state index is 8.71. The van der Waals surface area contributed by atoms with Gasteiger partial charge in [0, 0.05) is 32.2 Å². The zero-order valence-corrected chi connectivity index (χ0v) is 13.1. The summed E-state index contributed by atoms with van der Waals surface area (Å²) in [5.74, 6) is 0. The first kappa shape index (κ1) is 16.4. The minimum absolute atomic E-state index is 0.113. The SMILES string of the molecule is C[C@H]1CCN(CCOCCO)CCN1Cc1ccccc1. The quantitative estimate of drug-likeness (QED) is 0.774. The maximum Gasteiger partial charge on any atom is 0.0698 e. The minimum Gasteiger partial charge on any atom is -0.394 e. The molecule has 1 aliphatic heterocycles. The molecule has 21 heavy (non-hydrogen) atoms. The Morgan fingerprint density at radius 1 is 1.14 bits per heavy atom. The summed E-state index contributed by atoms with van der Waals surface area (Å²) in [6.45, 7) is 8.95. The number of nitrogens with zero attached hydrogens (tertiary/aromatic N) is 2. The first-order valence-corrected chi connectivity index (χ1v) is 7.98. The van der Waals surface area contributed by atoms with Crippen molar-refractivity contribution < 1.29 is 9.84 Å². The monoisotopic (exact) mass is 292 g/mol. The average molecular weight is 292 g/mol. The van der Waals surface area contributed by atoms with Gasteiger partial charge in [-0.3, -0.25) is 9.80 Å². The van der Waals surface area contributed by atoms with Crippen LogP contribution in [0.15, 0.2) is 30.3 Å². The van der Waals surface area contributed by atoms with Gasteiger partial charge in [0.15, 0.2) is 0 Å². The zero-order valence-electron chi connectivity index (χ0n) is 13.1. The molecule has 0 radical (unpaired) electrons. The molecule has 0 aliphatic carbocycles. The number of aliphatic hydroxyl groups is 1. The molecule has 0 saturated carbocycles. The van der Waals surface area contributed by atoms with E-state index >= 15 is 0 Å². The Balaban J connectivity index is 1.78. The van der Waals surface area contributed by atoms with Crippen LogP contribution in [0.3, 0.4) is 0 Å². The van der Waals surface area contributed by atoms with Crippen molar-refractivity contribution in [2.45, 2.75) is 25.9 Å². The molecular weight excluding hydrogens is 264 g/mol. The summed E-state index contributed by atoms with van der Waals surface area (Å²) in [7, 11) is 0. The molecule has 0 unspecified atom stereocenters. The van der Waals surface area contributed by atoms with Gasteiger partial charge >= 0.3 is 0 Å². The first-order valence-electron chi connectivity index (χ1n) is 7.98. The van der Waals surface area contributed by atoms with Crippen LogP contribution in [0.5, 0.6) is 0 Å². The zero-order chi connectivity index (χ0) is 14.9. The van der Waals surface area contributed by atoms with Crippen LogP contribution in [0, 0.1) is 0 Å². The highest BCUT2D eigenvalue weighted by atomic mass is 16.5. The smallest absolute Gasteiger partial charge is 0.0698 e. The van der Waals surface area contributed by atoms with E-state index in [4.69, 9.17) is 9.84 Å². The van der Waals surface area contributed by atoms with E-state index in [2.05, 4.69) is 47.1 Å². The Labute approximate surface area is 128 Å². The van der Waals surface area contributed by atoms with Crippen molar-refractivity contribution in [1.29, 1.82) is 0 Å². The Bertz CT molecular complexity index is 386. The van der Waals surface area contributed by atoms with E-state index in [9.17, 15) is 0 Å². The van der Waals surface area contributed by atoms with Crippen LogP contribution in [0.25, 0.3) is 0 Å². The van der Waals surface area contributed by atoms with E-state index in [1.807, 2.05) is 0 Å². The number of aliphatic hydroxyl groups excluding tert-OH is 1. The number of benzene rings is 1. The predicted octanol–water partition coefficient (Wildman–Crippen LogP) is 1.59. The molecular formula is C17H28N2O2. The Kier molecular flexibility index (Phi) is 7.16. The Hall–Kier alpha value is -0.940. The highest BCUT2D eigenvalue weighted by Crippen LogP contribution is 2.14. The molecule has 1 aliphatic rings. The molecule has 1 atom stereocenters. The van der Waals surface area contributed by atoms with Crippen LogP contribution in [-0.4, -0.2) is 66.9 Å². The fourth-order valence-electron chi connectivity index (χ4n) is 2.79. The number of rotatable bonds is 7. The third-order valence-corrected chi connectivity index (χ3v) is 4.21. The van der Waals surface area contributed by atoms with Crippen molar-refractivity contribution in [2.24, 2.45) is 0 Å². The molecule has 1 N–H and O–H groups in total. The van der Waals surface area contributed by atoms with Gasteiger partial charge in [0.2, 0.25) is 0 Å². The second kappa shape index (κ2) is 9.15. The Morgan fingerprint density at radius 3 is 2.71 bits per heavy atom. The lowest BCUT2D eigenvalue weighted by Crippen LogP contribution is -2.35. The lowest BCUT2D eigenvalue weighted by Gasteiger charge is -2.26. The molecule has 1 aromatic carbocycles. The van der Waals surface area contributed by atoms with Gasteiger partial charge in [-0.15, -0.1) is 0 Å². The van der Waals surface area contributed by atoms with Gasteiger partial charge in [-0.05, 0) is 25.5 Å². The van der Waals surface area contributed by atoms with E-state index in [-0.39, 0.29) is 6.61 Å². The van der Waals surface area contributed by atoms with Gasteiger partial charge in [-0.1, -0.05) is 30.3 Å². The standard InChI is InChI=1S/C17H28N2O2/c1-16-7-8-18(11-13-21-14-12-20)9-10-19(16)15-17-5-3-2-4-6-17/h2-6,16,20H,7-15H2,1H3/t16-/m0/s1. The van der Waals surface area contributed by atoms with Gasteiger partial charge in [-0.25, -0.2) is 0 Å². The van der Waals surface area contributed by atoms with Gasteiger partial charge in [0.25, 0.3) is 0 Å². The first-order chi connectivity index (χ1) is 10.3. The van der Waals surface area contributed by atoms with Crippen molar-refractivity contribution in [1.82, 2.24) is 9.80 Å². The molecule has 4 nitrogen and oxygen atoms in total. The second-order valence-corrected chi connectivity index (χ2v) is 5.77. The summed E-state index contributed by atoms with van der Waals surface area (Å²) >= 11 is 0. The maximum absolute atomic E-state index is 8.71. The van der Waals surface area contributed by atoms with Gasteiger partial charge < -0.3 is 9.84 Å². The number of ether oxygens (including phenoxy) is 1. The molecule has 0 spiro atoms. The molecule has 0 bridgehead atoms. The van der Waals surface area contributed by atoms with Crippen molar-refractivity contribution in [2.75, 3.05) is 46.0 Å². The van der Waals surface area contributed by atoms with Crippen molar-refractivity contribution >= 4 is 0 Å². The fraction of sp³-hybridized carbons (Fsp3) is 0.647. The van der Waals surface area contributed by atoms with Crippen LogP contribution >= 0.6 is 0 Å². The van der Waals surface area contributed by atoms with E-state index in [1.54, 1.807) is 0 Å². The molecule has 118 valence electrons. The van der Waals surface area contributed by atoms with E-state index in [0.29, 0.717) is 19.3 Å². The molecule has 1 fully saturated rings. The van der Waals surface area contributed by atoms with Gasteiger partial charge in [0.05, 0.1) is 19.8 Å². The molecule has 0 aromatic heterocycles. The average Bonchev–Trinajstić information content (AvgIpc) is 2.68. The topological polar surface area (TPSA) is 35.9 Å². The van der Waals surface area contributed by atoms with Crippen LogP contribution in [0.2, 0.25) is 0 Å². The Morgan fingerprint density at radius 2 is 1.95 bits per heavy atom. The summed E-state index contributed by atoms with van der Waals surface area (Å²) in [4.78, 5) is 5.04. The van der Waals surface area contributed by atoms with Crippen molar-refractivity contribution in [3.8, 4) is 0 Å². The molecule has 4 heteroatoms. The minimum atomic E-state index is 0.113. The van der Waals surface area contributed by atoms with Crippen LogP contribution in [0.1, 0.15) is 18.9 Å². The van der Waals surface area contributed by atoms with E-state index in [0.717, 1.165) is 32.7 Å². The number of hydrogen-bond acceptors (Lipinski definition) is 4. The van der Waals surface area contributed by atoms with Crippen molar-refractivity contribution in [3.05, 3.63) is 35.9 Å². The molecule has 0 amide bonds. The lowest BCUT2D eigenvalue weighted by molar-refractivity contribution is 0.0743. The van der Waals surface area contributed by atoms with Crippen molar-refractivity contribution in [3.63, 3.8) is 0 Å². The van der Waals surface area contributed by atoms with Crippen LogP contribution in [0.4, 0.5) is 0 Å². The normalized spacial score (nSPS) is 21.3. The molecule has 1 saturated heterocycles.